The Labute approximate surface area is 75.3 Å². The number of allylic oxidation sites excluding steroid dienone is 1. The van der Waals surface area contributed by atoms with Crippen LogP contribution in [0.3, 0.4) is 0 Å². The van der Waals surface area contributed by atoms with Gasteiger partial charge >= 0.3 is 12.1 Å². The number of carbonyl (C=O) groups is 2. The highest BCUT2D eigenvalue weighted by Gasteiger charge is 2.50. The van der Waals surface area contributed by atoms with E-state index in [1.165, 1.54) is 6.08 Å². The molecule has 1 heterocycles. The molecule has 1 fully saturated rings. The lowest BCUT2D eigenvalue weighted by Crippen LogP contribution is -2.61. The van der Waals surface area contributed by atoms with E-state index in [1.807, 2.05) is 0 Å². The number of hydrogen-bond donors (Lipinski definition) is 2. The van der Waals surface area contributed by atoms with E-state index in [2.05, 4.69) is 6.58 Å². The highest BCUT2D eigenvalue weighted by molar-refractivity contribution is 5.80. The molecule has 0 aromatic heterocycles. The van der Waals surface area contributed by atoms with E-state index in [0.717, 1.165) is 4.90 Å². The molecule has 72 valence electrons. The fourth-order valence-electron chi connectivity index (χ4n) is 1.45. The number of carboxylic acids is 1. The van der Waals surface area contributed by atoms with Crippen molar-refractivity contribution in [2.45, 2.75) is 6.42 Å². The fraction of sp³-hybridized carbons (Fsp3) is 0.500. The first-order valence-corrected chi connectivity index (χ1v) is 3.84. The van der Waals surface area contributed by atoms with E-state index >= 15 is 0 Å². The number of rotatable bonds is 3. The number of amides is 1. The van der Waals surface area contributed by atoms with Crippen LogP contribution in [-0.2, 0) is 4.79 Å². The first-order valence-electron chi connectivity index (χ1n) is 3.84. The molecule has 0 spiro atoms. The zero-order valence-corrected chi connectivity index (χ0v) is 7.06. The van der Waals surface area contributed by atoms with Gasteiger partial charge in [0, 0.05) is 13.1 Å². The summed E-state index contributed by atoms with van der Waals surface area (Å²) >= 11 is 0. The van der Waals surface area contributed by atoms with Crippen LogP contribution in [0.25, 0.3) is 0 Å². The van der Waals surface area contributed by atoms with Gasteiger partial charge in [0.15, 0.2) is 0 Å². The quantitative estimate of drug-likeness (QED) is 0.632. The molecule has 1 aliphatic heterocycles. The number of nitrogens with zero attached hydrogens (tertiary/aromatic N) is 1. The molecule has 0 saturated carbocycles. The summed E-state index contributed by atoms with van der Waals surface area (Å²) < 4.78 is 0. The maximum Gasteiger partial charge on any atom is 0.407 e. The first-order chi connectivity index (χ1) is 6.02. The minimum atomic E-state index is -1.07. The van der Waals surface area contributed by atoms with Gasteiger partial charge in [0.2, 0.25) is 0 Å². The Hall–Kier alpha value is -1.52. The average molecular weight is 185 g/mol. The standard InChI is InChI=1S/C8H11NO4/c1-2-3-8(6(10)11)4-9(5-8)7(12)13/h2H,1,3-5H2,(H,10,11)(H,12,13). The average Bonchev–Trinajstić information content (AvgIpc) is 1.94. The molecule has 1 saturated heterocycles. The van der Waals surface area contributed by atoms with Gasteiger partial charge in [-0.3, -0.25) is 4.79 Å². The minimum absolute atomic E-state index is 0.0592. The maximum absolute atomic E-state index is 10.8. The van der Waals surface area contributed by atoms with Gasteiger partial charge in [0.05, 0.1) is 0 Å². The van der Waals surface area contributed by atoms with Crippen LogP contribution in [0, 0.1) is 5.41 Å². The Morgan fingerprint density at radius 1 is 1.46 bits per heavy atom. The van der Waals surface area contributed by atoms with Gasteiger partial charge in [0.1, 0.15) is 5.41 Å². The van der Waals surface area contributed by atoms with Crippen LogP contribution in [0.2, 0.25) is 0 Å². The van der Waals surface area contributed by atoms with Crippen molar-refractivity contribution in [1.82, 2.24) is 4.90 Å². The van der Waals surface area contributed by atoms with E-state index in [0.29, 0.717) is 6.42 Å². The van der Waals surface area contributed by atoms with Crippen LogP contribution in [-0.4, -0.2) is 40.3 Å². The van der Waals surface area contributed by atoms with Crippen molar-refractivity contribution in [3.63, 3.8) is 0 Å². The van der Waals surface area contributed by atoms with E-state index in [1.54, 1.807) is 0 Å². The van der Waals surface area contributed by atoms with Gasteiger partial charge in [-0.15, -0.1) is 6.58 Å². The summed E-state index contributed by atoms with van der Waals surface area (Å²) in [6.07, 6.45) is 0.750. The molecular weight excluding hydrogens is 174 g/mol. The van der Waals surface area contributed by atoms with E-state index in [-0.39, 0.29) is 13.1 Å². The second-order valence-corrected chi connectivity index (χ2v) is 3.22. The van der Waals surface area contributed by atoms with Crippen molar-refractivity contribution in [2.75, 3.05) is 13.1 Å². The lowest BCUT2D eigenvalue weighted by atomic mass is 9.77. The zero-order valence-electron chi connectivity index (χ0n) is 7.06. The topological polar surface area (TPSA) is 77.8 Å². The smallest absolute Gasteiger partial charge is 0.407 e. The maximum atomic E-state index is 10.8. The molecule has 2 N–H and O–H groups in total. The molecule has 1 aliphatic rings. The molecule has 0 unspecified atom stereocenters. The molecule has 1 amide bonds. The first kappa shape index (κ1) is 9.57. The largest absolute Gasteiger partial charge is 0.481 e. The van der Waals surface area contributed by atoms with E-state index < -0.39 is 17.5 Å². The molecule has 0 atom stereocenters. The normalized spacial score (nSPS) is 18.9. The number of carboxylic acid groups (broad SMARTS) is 2. The molecule has 0 aromatic rings. The van der Waals surface area contributed by atoms with Gasteiger partial charge in [0.25, 0.3) is 0 Å². The fourth-order valence-corrected chi connectivity index (χ4v) is 1.45. The Balaban J connectivity index is 2.62. The number of likely N-dealkylation sites (tertiary alicyclic amines) is 1. The molecule has 0 aliphatic carbocycles. The highest BCUT2D eigenvalue weighted by atomic mass is 16.4. The van der Waals surface area contributed by atoms with Crippen molar-refractivity contribution in [3.8, 4) is 0 Å². The Morgan fingerprint density at radius 3 is 2.31 bits per heavy atom. The predicted molar refractivity (Wildman–Crippen MR) is 44.5 cm³/mol. The van der Waals surface area contributed by atoms with E-state index in [9.17, 15) is 9.59 Å². The number of aliphatic carboxylic acids is 1. The predicted octanol–water partition coefficient (Wildman–Crippen LogP) is 0.627. The second kappa shape index (κ2) is 3.08. The minimum Gasteiger partial charge on any atom is -0.481 e. The van der Waals surface area contributed by atoms with Gasteiger partial charge in [-0.1, -0.05) is 6.08 Å². The van der Waals surface area contributed by atoms with Gasteiger partial charge in [-0.05, 0) is 6.42 Å². The monoisotopic (exact) mass is 185 g/mol. The Kier molecular flexibility index (Phi) is 2.27. The Bertz CT molecular complexity index is 255. The van der Waals surface area contributed by atoms with Crippen molar-refractivity contribution in [2.24, 2.45) is 5.41 Å². The van der Waals surface area contributed by atoms with Gasteiger partial charge in [-0.25, -0.2) is 4.79 Å². The summed E-state index contributed by atoms with van der Waals surface area (Å²) in [6.45, 7) is 3.57. The van der Waals surface area contributed by atoms with Crippen molar-refractivity contribution in [3.05, 3.63) is 12.7 Å². The third-order valence-electron chi connectivity index (χ3n) is 2.25. The summed E-state index contributed by atoms with van der Waals surface area (Å²) in [5, 5.41) is 17.4. The summed E-state index contributed by atoms with van der Waals surface area (Å²) in [5.41, 5.74) is -0.930. The summed E-state index contributed by atoms with van der Waals surface area (Å²) in [6, 6.07) is 0. The molecular formula is C8H11NO4. The zero-order chi connectivity index (χ0) is 10.1. The Morgan fingerprint density at radius 2 is 2.00 bits per heavy atom. The molecule has 0 aromatic carbocycles. The van der Waals surface area contributed by atoms with Crippen LogP contribution in [0.4, 0.5) is 4.79 Å². The third kappa shape index (κ3) is 1.49. The van der Waals surface area contributed by atoms with Crippen LogP contribution in [0.5, 0.6) is 0 Å². The van der Waals surface area contributed by atoms with Crippen LogP contribution < -0.4 is 0 Å². The van der Waals surface area contributed by atoms with Gasteiger partial charge < -0.3 is 15.1 Å². The summed E-state index contributed by atoms with van der Waals surface area (Å²) in [7, 11) is 0. The lowest BCUT2D eigenvalue weighted by Gasteiger charge is -2.44. The van der Waals surface area contributed by atoms with Gasteiger partial charge in [-0.2, -0.15) is 0 Å². The van der Waals surface area contributed by atoms with Crippen molar-refractivity contribution >= 4 is 12.1 Å². The number of hydrogen-bond acceptors (Lipinski definition) is 2. The summed E-state index contributed by atoms with van der Waals surface area (Å²) in [4.78, 5) is 22.3. The van der Waals surface area contributed by atoms with Crippen molar-refractivity contribution in [1.29, 1.82) is 0 Å². The molecule has 0 radical (unpaired) electrons. The lowest BCUT2D eigenvalue weighted by molar-refractivity contribution is -0.158. The molecule has 5 nitrogen and oxygen atoms in total. The third-order valence-corrected chi connectivity index (χ3v) is 2.25. The SMILES string of the molecule is C=CCC1(C(=O)O)CN(C(=O)O)C1. The van der Waals surface area contributed by atoms with Crippen molar-refractivity contribution < 1.29 is 19.8 Å². The molecule has 1 rings (SSSR count). The van der Waals surface area contributed by atoms with Crippen LogP contribution >= 0.6 is 0 Å². The van der Waals surface area contributed by atoms with Crippen LogP contribution in [0.15, 0.2) is 12.7 Å². The second-order valence-electron chi connectivity index (χ2n) is 3.22. The molecule has 0 bridgehead atoms. The summed E-state index contributed by atoms with van der Waals surface area (Å²) in [5.74, 6) is -0.954. The molecule has 5 heteroatoms. The highest BCUT2D eigenvalue weighted by Crippen LogP contribution is 2.34. The van der Waals surface area contributed by atoms with E-state index in [4.69, 9.17) is 10.2 Å². The van der Waals surface area contributed by atoms with Crippen LogP contribution in [0.1, 0.15) is 6.42 Å². The molecule has 13 heavy (non-hydrogen) atoms.